The van der Waals surface area contributed by atoms with E-state index in [1.807, 2.05) is 13.8 Å². The quantitative estimate of drug-likeness (QED) is 0.777. The topological polar surface area (TPSA) is 30.7 Å². The molecule has 0 saturated heterocycles. The molecule has 0 amide bonds. The highest BCUT2D eigenvalue weighted by Crippen LogP contribution is 2.07. The molecule has 2 aromatic rings. The maximum atomic E-state index is 12.6. The molecule has 0 saturated carbocycles. The van der Waals surface area contributed by atoms with Gasteiger partial charge in [-0.25, -0.2) is 14.1 Å². The molecule has 3 nitrogen and oxygen atoms in total. The average Bonchev–Trinajstić information content (AvgIpc) is 2.81. The third-order valence-electron chi connectivity index (χ3n) is 1.78. The average molecular weight is 219 g/mol. The highest BCUT2D eigenvalue weighted by atomic mass is 19.1. The van der Waals surface area contributed by atoms with E-state index in [1.54, 1.807) is 29.2 Å². The van der Waals surface area contributed by atoms with Gasteiger partial charge in [-0.05, 0) is 30.3 Å². The lowest BCUT2D eigenvalue weighted by Crippen LogP contribution is -1.94. The van der Waals surface area contributed by atoms with E-state index in [1.165, 1.54) is 12.1 Å². The molecule has 1 aromatic carbocycles. The van der Waals surface area contributed by atoms with Gasteiger partial charge in [0.15, 0.2) is 5.82 Å². The standard InChI is InChI=1S/C10H8FN3.C2H6/c1-2-10-12-7-14(13-10)9-5-3-8(11)4-6-9;1-2/h2-7H,1H2;1-2H3. The summed E-state index contributed by atoms with van der Waals surface area (Å²) >= 11 is 0. The van der Waals surface area contributed by atoms with Crippen molar-refractivity contribution in [1.82, 2.24) is 14.8 Å². The van der Waals surface area contributed by atoms with Gasteiger partial charge in [-0.1, -0.05) is 20.4 Å². The molecule has 0 spiro atoms. The Kier molecular flexibility index (Phi) is 4.39. The van der Waals surface area contributed by atoms with Gasteiger partial charge in [0.2, 0.25) is 0 Å². The molecule has 1 aromatic heterocycles. The van der Waals surface area contributed by atoms with Gasteiger partial charge < -0.3 is 0 Å². The second kappa shape index (κ2) is 5.80. The predicted octanol–water partition coefficient (Wildman–Crippen LogP) is 3.08. The largest absolute Gasteiger partial charge is 0.220 e. The molecule has 0 aliphatic carbocycles. The molecule has 1 heterocycles. The third kappa shape index (κ3) is 2.76. The normalized spacial score (nSPS) is 9.19. The lowest BCUT2D eigenvalue weighted by molar-refractivity contribution is 0.627. The van der Waals surface area contributed by atoms with Crippen LogP contribution >= 0.6 is 0 Å². The van der Waals surface area contributed by atoms with Crippen LogP contribution in [0.2, 0.25) is 0 Å². The van der Waals surface area contributed by atoms with Crippen molar-refractivity contribution in [2.24, 2.45) is 0 Å². The molecule has 0 N–H and O–H groups in total. The lowest BCUT2D eigenvalue weighted by Gasteiger charge is -1.98. The summed E-state index contributed by atoms with van der Waals surface area (Å²) in [6, 6.07) is 6.03. The molecule has 0 bridgehead atoms. The Bertz CT molecular complexity index is 446. The molecule has 4 heteroatoms. The first kappa shape index (κ1) is 12.1. The van der Waals surface area contributed by atoms with Crippen LogP contribution in [0.1, 0.15) is 19.7 Å². The summed E-state index contributed by atoms with van der Waals surface area (Å²) in [6.07, 6.45) is 3.12. The minimum absolute atomic E-state index is 0.266. The number of halogens is 1. The molecule has 0 unspecified atom stereocenters. The SMILES string of the molecule is C=Cc1ncn(-c2ccc(F)cc2)n1.CC. The van der Waals surface area contributed by atoms with Crippen LogP contribution in [0.25, 0.3) is 11.8 Å². The minimum atomic E-state index is -0.266. The monoisotopic (exact) mass is 219 g/mol. The van der Waals surface area contributed by atoms with Crippen LogP contribution in [0.4, 0.5) is 4.39 Å². The predicted molar refractivity (Wildman–Crippen MR) is 62.8 cm³/mol. The van der Waals surface area contributed by atoms with Gasteiger partial charge in [-0.2, -0.15) is 0 Å². The van der Waals surface area contributed by atoms with E-state index in [0.29, 0.717) is 5.82 Å². The van der Waals surface area contributed by atoms with Crippen LogP contribution in [-0.2, 0) is 0 Å². The van der Waals surface area contributed by atoms with Crippen LogP contribution in [0.5, 0.6) is 0 Å². The summed E-state index contributed by atoms with van der Waals surface area (Å²) in [4.78, 5) is 3.97. The van der Waals surface area contributed by atoms with Crippen LogP contribution < -0.4 is 0 Å². The fourth-order valence-electron chi connectivity index (χ4n) is 1.09. The van der Waals surface area contributed by atoms with E-state index < -0.39 is 0 Å². The van der Waals surface area contributed by atoms with Crippen LogP contribution in [-0.4, -0.2) is 14.8 Å². The molecule has 0 aliphatic heterocycles. The number of hydrogen-bond donors (Lipinski definition) is 0. The molecule has 0 atom stereocenters. The zero-order valence-electron chi connectivity index (χ0n) is 9.39. The van der Waals surface area contributed by atoms with Crippen molar-refractivity contribution in [2.75, 3.05) is 0 Å². The Morgan fingerprint density at radius 1 is 1.25 bits per heavy atom. The fourth-order valence-corrected chi connectivity index (χ4v) is 1.09. The van der Waals surface area contributed by atoms with Crippen molar-refractivity contribution in [2.45, 2.75) is 13.8 Å². The third-order valence-corrected chi connectivity index (χ3v) is 1.78. The van der Waals surface area contributed by atoms with Gasteiger partial charge in [0, 0.05) is 0 Å². The van der Waals surface area contributed by atoms with Crippen molar-refractivity contribution >= 4 is 6.08 Å². The Morgan fingerprint density at radius 3 is 2.38 bits per heavy atom. The number of nitrogens with zero attached hydrogens (tertiary/aromatic N) is 3. The first-order chi connectivity index (χ1) is 7.79. The second-order valence-electron chi connectivity index (χ2n) is 2.73. The van der Waals surface area contributed by atoms with E-state index in [4.69, 9.17) is 0 Å². The lowest BCUT2D eigenvalue weighted by atomic mass is 10.3. The van der Waals surface area contributed by atoms with Crippen LogP contribution in [0.15, 0.2) is 37.2 Å². The summed E-state index contributed by atoms with van der Waals surface area (Å²) in [5, 5.41) is 4.09. The van der Waals surface area contributed by atoms with E-state index in [-0.39, 0.29) is 5.82 Å². The molecule has 0 aliphatic rings. The maximum Gasteiger partial charge on any atom is 0.173 e. The maximum absolute atomic E-state index is 12.6. The molecule has 16 heavy (non-hydrogen) atoms. The number of hydrogen-bond acceptors (Lipinski definition) is 2. The zero-order valence-corrected chi connectivity index (χ0v) is 9.39. The zero-order chi connectivity index (χ0) is 12.0. The number of rotatable bonds is 2. The first-order valence-corrected chi connectivity index (χ1v) is 5.09. The van der Waals surface area contributed by atoms with E-state index in [0.717, 1.165) is 5.69 Å². The highest BCUT2D eigenvalue weighted by Gasteiger charge is 1.99. The van der Waals surface area contributed by atoms with Crippen LogP contribution in [0, 0.1) is 5.82 Å². The molecular weight excluding hydrogens is 205 g/mol. The van der Waals surface area contributed by atoms with E-state index in [2.05, 4.69) is 16.7 Å². The van der Waals surface area contributed by atoms with Gasteiger partial charge in [0.1, 0.15) is 12.1 Å². The molecule has 84 valence electrons. The molecule has 0 fully saturated rings. The van der Waals surface area contributed by atoms with Gasteiger partial charge in [-0.15, -0.1) is 5.10 Å². The van der Waals surface area contributed by atoms with Crippen molar-refractivity contribution in [1.29, 1.82) is 0 Å². The summed E-state index contributed by atoms with van der Waals surface area (Å²) in [7, 11) is 0. The summed E-state index contributed by atoms with van der Waals surface area (Å²) in [5.41, 5.74) is 0.770. The van der Waals surface area contributed by atoms with E-state index in [9.17, 15) is 4.39 Å². The Morgan fingerprint density at radius 2 is 1.88 bits per heavy atom. The summed E-state index contributed by atoms with van der Waals surface area (Å²) in [6.45, 7) is 7.55. The Balaban J connectivity index is 0.000000606. The summed E-state index contributed by atoms with van der Waals surface area (Å²) in [5.74, 6) is 0.284. The Labute approximate surface area is 94.3 Å². The van der Waals surface area contributed by atoms with Gasteiger partial charge in [0.05, 0.1) is 5.69 Å². The molecule has 2 rings (SSSR count). The van der Waals surface area contributed by atoms with Crippen molar-refractivity contribution in [3.8, 4) is 5.69 Å². The second-order valence-corrected chi connectivity index (χ2v) is 2.73. The number of benzene rings is 1. The van der Waals surface area contributed by atoms with Crippen molar-refractivity contribution < 1.29 is 4.39 Å². The summed E-state index contributed by atoms with van der Waals surface area (Å²) < 4.78 is 14.2. The van der Waals surface area contributed by atoms with Gasteiger partial charge in [-0.3, -0.25) is 0 Å². The molecular formula is C12H14FN3. The minimum Gasteiger partial charge on any atom is -0.220 e. The number of aromatic nitrogens is 3. The van der Waals surface area contributed by atoms with Gasteiger partial charge in [0.25, 0.3) is 0 Å². The van der Waals surface area contributed by atoms with Gasteiger partial charge >= 0.3 is 0 Å². The first-order valence-electron chi connectivity index (χ1n) is 5.09. The van der Waals surface area contributed by atoms with E-state index >= 15 is 0 Å². The van der Waals surface area contributed by atoms with Crippen molar-refractivity contribution in [3.63, 3.8) is 0 Å². The smallest absolute Gasteiger partial charge is 0.173 e. The highest BCUT2D eigenvalue weighted by molar-refractivity contribution is 5.36. The fraction of sp³-hybridized carbons (Fsp3) is 0.167. The Hall–Kier alpha value is -1.97. The molecule has 0 radical (unpaired) electrons. The van der Waals surface area contributed by atoms with Crippen LogP contribution in [0.3, 0.4) is 0 Å². The van der Waals surface area contributed by atoms with Crippen molar-refractivity contribution in [3.05, 3.63) is 48.8 Å².